The molecular weight excluding hydrogens is 895 g/mol. The highest BCUT2D eigenvalue weighted by atomic mass is 16.6. The molecule has 3 saturated heterocycles. The van der Waals surface area contributed by atoms with Crippen LogP contribution in [0.5, 0.6) is 5.75 Å². The molecule has 4 atom stereocenters. The second-order valence-electron chi connectivity index (χ2n) is 20.1. The number of carbonyl (C=O) groups is 5. The van der Waals surface area contributed by atoms with Crippen LogP contribution in [-0.4, -0.2) is 158 Å². The second-order valence-corrected chi connectivity index (χ2v) is 20.1. The molecule has 0 saturated carbocycles. The maximum Gasteiger partial charge on any atom is 0.355 e. The molecule has 3 fully saturated rings. The number of morpholine rings is 1. The van der Waals surface area contributed by atoms with Crippen LogP contribution in [0.15, 0.2) is 55.1 Å². The summed E-state index contributed by atoms with van der Waals surface area (Å²) in [5.74, 6) is 1.79. The second kappa shape index (κ2) is 20.9. The number of nitrogens with zero attached hydrogens (tertiary/aromatic N) is 7. The third-order valence-electron chi connectivity index (χ3n) is 13.9. The third kappa shape index (κ3) is 10.8. The summed E-state index contributed by atoms with van der Waals surface area (Å²) in [6.45, 7) is 14.0. The van der Waals surface area contributed by atoms with Gasteiger partial charge >= 0.3 is 5.97 Å². The van der Waals surface area contributed by atoms with E-state index in [0.717, 1.165) is 51.4 Å². The molecule has 70 heavy (non-hydrogen) atoms. The highest BCUT2D eigenvalue weighted by Crippen LogP contribution is 2.40. The number of aromatic hydroxyl groups is 1. The largest absolute Gasteiger partial charge is 0.508 e. The standard InChI is InChI=1S/C52H65N9O9/c1-7-60-43-12-11-35-26-40(43)41(46(60)38-28-53-32-54-29-38)27-51(4,5)31-70-50(67)52(68)14-9-16-61(56-52)49(66)42(24-34-22-37(35)25-39(62)23-34)55-47(64)45(33(2)3)57(6)48(65)36-13-17-59(30-36)44(63)10-8-15-58-18-20-69-21-19-58/h11-12,22-23,25-26,28-29,32-33,36,42,45,56,62,68H,7,9,13-21,24,27,30-31H2,1-6H3,(H,55,64)/t36-,42-,45-,52-/m0/s1. The Kier molecular flexibility index (Phi) is 14.9. The predicted octanol–water partition coefficient (Wildman–Crippen LogP) is 3.13. The Balaban J connectivity index is 1.10. The number of fused-ring (bicyclic) bond motifs is 6. The van der Waals surface area contributed by atoms with E-state index < -0.39 is 52.8 Å². The lowest BCUT2D eigenvalue weighted by molar-refractivity contribution is -0.189. The van der Waals surface area contributed by atoms with Gasteiger partial charge in [-0.05, 0) is 84.5 Å². The van der Waals surface area contributed by atoms with E-state index in [0.29, 0.717) is 56.8 Å². The summed E-state index contributed by atoms with van der Waals surface area (Å²) in [5.41, 5.74) is 5.50. The highest BCUT2D eigenvalue weighted by Gasteiger charge is 2.46. The van der Waals surface area contributed by atoms with Crippen molar-refractivity contribution in [2.24, 2.45) is 17.3 Å². The van der Waals surface area contributed by atoms with Crippen molar-refractivity contribution in [3.63, 3.8) is 0 Å². The number of aliphatic hydroxyl groups is 1. The minimum absolute atomic E-state index is 0.0402. The average molecular weight is 960 g/mol. The van der Waals surface area contributed by atoms with Crippen molar-refractivity contribution >= 4 is 40.5 Å². The van der Waals surface area contributed by atoms with E-state index >= 15 is 0 Å². The summed E-state index contributed by atoms with van der Waals surface area (Å²) in [4.78, 5) is 84.3. The lowest BCUT2D eigenvalue weighted by Gasteiger charge is -2.40. The van der Waals surface area contributed by atoms with Gasteiger partial charge in [-0.15, -0.1) is 0 Å². The monoisotopic (exact) mass is 959 g/mol. The van der Waals surface area contributed by atoms with Crippen molar-refractivity contribution in [1.29, 1.82) is 0 Å². The topological polar surface area (TPSA) is 212 Å². The quantitative estimate of drug-likeness (QED) is 0.148. The van der Waals surface area contributed by atoms with Crippen LogP contribution in [0.3, 0.4) is 0 Å². The summed E-state index contributed by atoms with van der Waals surface area (Å²) >= 11 is 0. The molecule has 0 spiro atoms. The van der Waals surface area contributed by atoms with Gasteiger partial charge in [0.05, 0.1) is 38.0 Å². The molecule has 4 aliphatic heterocycles. The Hall–Kier alpha value is -6.39. The number of carbonyl (C=O) groups excluding carboxylic acids is 5. The molecule has 4 aromatic rings. The Morgan fingerprint density at radius 3 is 2.50 bits per heavy atom. The summed E-state index contributed by atoms with van der Waals surface area (Å²) < 4.78 is 13.5. The molecule has 18 nitrogen and oxygen atoms in total. The third-order valence-corrected chi connectivity index (χ3v) is 13.9. The number of likely N-dealkylation sites (tertiary alicyclic amines) is 1. The fourth-order valence-corrected chi connectivity index (χ4v) is 10.3. The number of likely N-dealkylation sites (N-methyl/N-ethyl adjacent to an activating group) is 1. The van der Waals surface area contributed by atoms with Crippen LogP contribution in [0.25, 0.3) is 33.3 Å². The van der Waals surface area contributed by atoms with E-state index in [1.807, 2.05) is 45.9 Å². The smallest absolute Gasteiger partial charge is 0.355 e. The van der Waals surface area contributed by atoms with Gasteiger partial charge in [0.15, 0.2) is 0 Å². The first kappa shape index (κ1) is 50.0. The Morgan fingerprint density at radius 2 is 1.77 bits per heavy atom. The van der Waals surface area contributed by atoms with Crippen LogP contribution in [0.1, 0.15) is 65.0 Å². The van der Waals surface area contributed by atoms with Crippen LogP contribution >= 0.6 is 0 Å². The molecule has 372 valence electrons. The fourth-order valence-electron chi connectivity index (χ4n) is 10.3. The Labute approximate surface area is 408 Å². The number of rotatable bonds is 8. The number of nitrogens with one attached hydrogen (secondary N) is 2. The Bertz CT molecular complexity index is 2690. The zero-order chi connectivity index (χ0) is 49.9. The number of phenolic OH excluding ortho intramolecular Hbond substituents is 1. The van der Waals surface area contributed by atoms with Crippen LogP contribution in [-0.2, 0) is 52.8 Å². The number of esters is 1. The molecule has 4 N–H and O–H groups in total. The molecule has 2 aromatic heterocycles. The molecule has 0 aliphatic carbocycles. The fraction of sp³-hybridized carbons (Fsp3) is 0.519. The van der Waals surface area contributed by atoms with Gasteiger partial charge < -0.3 is 39.4 Å². The van der Waals surface area contributed by atoms with E-state index in [1.54, 1.807) is 30.4 Å². The SMILES string of the molecule is CCn1c(-c2cncnc2)c2c3cc(ccc31)-c1cc(O)cc(c1)C[C@H](NC(=O)[C@H](C(C)C)N(C)C(=O)[C@H]1CCN(C(=O)C#CCN3CCOCC3)C1)C(=O)N1CCC[C@@](O)(N1)C(=O)OCC(C)(C)C2. The van der Waals surface area contributed by atoms with Gasteiger partial charge in [-0.1, -0.05) is 45.7 Å². The zero-order valence-corrected chi connectivity index (χ0v) is 41.0. The van der Waals surface area contributed by atoms with Crippen molar-refractivity contribution < 1.29 is 43.7 Å². The molecule has 0 radical (unpaired) electrons. The van der Waals surface area contributed by atoms with E-state index in [1.165, 1.54) is 17.3 Å². The number of aryl methyl sites for hydroxylation is 1. The number of phenols is 1. The number of benzene rings is 2. The van der Waals surface area contributed by atoms with Gasteiger partial charge in [-0.25, -0.2) is 14.8 Å². The number of cyclic esters (lactones) is 1. The van der Waals surface area contributed by atoms with Gasteiger partial charge in [-0.2, -0.15) is 5.43 Å². The van der Waals surface area contributed by atoms with Crippen LogP contribution in [0, 0.1) is 29.1 Å². The van der Waals surface area contributed by atoms with E-state index in [-0.39, 0.29) is 56.5 Å². The first-order chi connectivity index (χ1) is 33.4. The van der Waals surface area contributed by atoms with Crippen molar-refractivity contribution in [2.45, 2.75) is 91.1 Å². The number of hydrogen-bond acceptors (Lipinski definition) is 13. The molecule has 0 unspecified atom stereocenters. The van der Waals surface area contributed by atoms with Crippen LogP contribution < -0.4 is 10.7 Å². The number of ether oxygens (including phenoxy) is 2. The number of hydrazine groups is 1. The molecule has 18 heteroatoms. The minimum atomic E-state index is -2.26. The summed E-state index contributed by atoms with van der Waals surface area (Å²) in [6.07, 6.45) is 5.98. The normalized spacial score (nSPS) is 22.5. The number of aromatic nitrogens is 3. The molecule has 8 rings (SSSR count). The molecule has 4 aliphatic rings. The summed E-state index contributed by atoms with van der Waals surface area (Å²) in [5, 5.41) is 28.2. The predicted molar refractivity (Wildman–Crippen MR) is 260 cm³/mol. The van der Waals surface area contributed by atoms with E-state index in [4.69, 9.17) is 9.47 Å². The first-order valence-corrected chi connectivity index (χ1v) is 24.3. The van der Waals surface area contributed by atoms with Crippen LogP contribution in [0.4, 0.5) is 0 Å². The maximum atomic E-state index is 14.8. The van der Waals surface area contributed by atoms with Gasteiger partial charge in [-0.3, -0.25) is 29.1 Å². The number of hydrogen-bond donors (Lipinski definition) is 4. The Morgan fingerprint density at radius 1 is 1.01 bits per heavy atom. The number of amides is 4. The van der Waals surface area contributed by atoms with Crippen molar-refractivity contribution in [3.8, 4) is 40.0 Å². The maximum absolute atomic E-state index is 14.8. The highest BCUT2D eigenvalue weighted by molar-refractivity contribution is 5.97. The summed E-state index contributed by atoms with van der Waals surface area (Å²) in [7, 11) is 1.55. The van der Waals surface area contributed by atoms with E-state index in [9.17, 15) is 34.2 Å². The summed E-state index contributed by atoms with van der Waals surface area (Å²) in [6, 6.07) is 8.83. The van der Waals surface area contributed by atoms with Crippen molar-refractivity contribution in [3.05, 3.63) is 66.2 Å². The van der Waals surface area contributed by atoms with Gasteiger partial charge in [0, 0.05) is 93.4 Å². The molecule has 6 bridgehead atoms. The first-order valence-electron chi connectivity index (χ1n) is 24.3. The lowest BCUT2D eigenvalue weighted by atomic mass is 9.84. The zero-order valence-electron chi connectivity index (χ0n) is 41.0. The van der Waals surface area contributed by atoms with E-state index in [2.05, 4.69) is 55.0 Å². The average Bonchev–Trinajstić information content (AvgIpc) is 3.96. The minimum Gasteiger partial charge on any atom is -0.508 e. The molecule has 2 aromatic carbocycles. The van der Waals surface area contributed by atoms with Crippen LogP contribution in [0.2, 0.25) is 0 Å². The molecule has 4 amide bonds. The lowest BCUT2D eigenvalue weighted by Crippen LogP contribution is -2.67. The van der Waals surface area contributed by atoms with Gasteiger partial charge in [0.25, 0.3) is 11.8 Å². The van der Waals surface area contributed by atoms with Crippen molar-refractivity contribution in [2.75, 3.05) is 66.1 Å². The van der Waals surface area contributed by atoms with Gasteiger partial charge in [0.2, 0.25) is 17.5 Å². The molecular formula is C52H65N9O9. The van der Waals surface area contributed by atoms with Crippen molar-refractivity contribution in [1.82, 2.24) is 45.0 Å². The molecule has 6 heterocycles. The van der Waals surface area contributed by atoms with Gasteiger partial charge in [0.1, 0.15) is 24.2 Å².